The number of primary amides is 2. The number of hydrogen-bond acceptors (Lipinski definition) is 2. The van der Waals surface area contributed by atoms with Gasteiger partial charge in [-0.15, -0.1) is 0 Å². The molecule has 1 unspecified atom stereocenters. The fourth-order valence-corrected chi connectivity index (χ4v) is 1.76. The molecule has 0 aromatic heterocycles. The lowest BCUT2D eigenvalue weighted by Gasteiger charge is -2.11. The average Bonchev–Trinajstić information content (AvgIpc) is 2.16. The standard InChI is InChI=1S/C10H11BrN2O2/c1-5(11)6-3-2-4-7(9(12)14)8(6)10(13)15/h2-5H,1H3,(H2,12,14)(H2,13,15). The van der Waals surface area contributed by atoms with Gasteiger partial charge in [-0.3, -0.25) is 9.59 Å². The Morgan fingerprint density at radius 1 is 1.27 bits per heavy atom. The molecule has 0 aliphatic rings. The summed E-state index contributed by atoms with van der Waals surface area (Å²) in [5.41, 5.74) is 11.4. The van der Waals surface area contributed by atoms with E-state index in [0.717, 1.165) is 0 Å². The van der Waals surface area contributed by atoms with E-state index in [1.807, 2.05) is 6.92 Å². The van der Waals surface area contributed by atoms with Crippen molar-refractivity contribution in [1.82, 2.24) is 0 Å². The minimum Gasteiger partial charge on any atom is -0.366 e. The van der Waals surface area contributed by atoms with Crippen LogP contribution in [0.5, 0.6) is 0 Å². The molecule has 0 heterocycles. The van der Waals surface area contributed by atoms with Crippen LogP contribution >= 0.6 is 15.9 Å². The Morgan fingerprint density at radius 3 is 2.27 bits per heavy atom. The van der Waals surface area contributed by atoms with Crippen LogP contribution in [0.3, 0.4) is 0 Å². The van der Waals surface area contributed by atoms with Crippen LogP contribution in [0.4, 0.5) is 0 Å². The Kier molecular flexibility index (Phi) is 3.47. The number of nitrogens with two attached hydrogens (primary N) is 2. The lowest BCUT2D eigenvalue weighted by Crippen LogP contribution is -2.22. The molecular weight excluding hydrogens is 260 g/mol. The second-order valence-electron chi connectivity index (χ2n) is 3.11. The molecule has 4 nitrogen and oxygen atoms in total. The van der Waals surface area contributed by atoms with E-state index < -0.39 is 11.8 Å². The summed E-state index contributed by atoms with van der Waals surface area (Å²) >= 11 is 3.33. The SMILES string of the molecule is CC(Br)c1cccc(C(N)=O)c1C(N)=O. The maximum atomic E-state index is 11.2. The normalized spacial score (nSPS) is 12.1. The molecule has 0 fully saturated rings. The summed E-state index contributed by atoms with van der Waals surface area (Å²) in [7, 11) is 0. The second kappa shape index (κ2) is 4.44. The van der Waals surface area contributed by atoms with Gasteiger partial charge in [0.25, 0.3) is 0 Å². The molecule has 4 N–H and O–H groups in total. The van der Waals surface area contributed by atoms with Crippen molar-refractivity contribution in [2.75, 3.05) is 0 Å². The molecule has 0 spiro atoms. The molecule has 0 saturated heterocycles. The van der Waals surface area contributed by atoms with Crippen LogP contribution in [-0.2, 0) is 0 Å². The fraction of sp³-hybridized carbons (Fsp3) is 0.200. The highest BCUT2D eigenvalue weighted by atomic mass is 79.9. The third-order valence-electron chi connectivity index (χ3n) is 2.04. The van der Waals surface area contributed by atoms with Crippen LogP contribution in [0, 0.1) is 0 Å². The van der Waals surface area contributed by atoms with E-state index in [4.69, 9.17) is 11.5 Å². The summed E-state index contributed by atoms with van der Waals surface area (Å²) in [6.07, 6.45) is 0. The summed E-state index contributed by atoms with van der Waals surface area (Å²) in [5, 5.41) is 0. The molecule has 1 aromatic rings. The van der Waals surface area contributed by atoms with Crippen molar-refractivity contribution in [3.63, 3.8) is 0 Å². The van der Waals surface area contributed by atoms with Crippen LogP contribution < -0.4 is 11.5 Å². The van der Waals surface area contributed by atoms with Crippen LogP contribution in [0.25, 0.3) is 0 Å². The quantitative estimate of drug-likeness (QED) is 0.813. The molecule has 0 bridgehead atoms. The van der Waals surface area contributed by atoms with Crippen LogP contribution in [0.15, 0.2) is 18.2 Å². The maximum absolute atomic E-state index is 11.2. The number of carbonyl (C=O) groups is 2. The first-order chi connectivity index (χ1) is 6.95. The monoisotopic (exact) mass is 270 g/mol. The number of rotatable bonds is 3. The van der Waals surface area contributed by atoms with Crippen molar-refractivity contribution in [3.8, 4) is 0 Å². The van der Waals surface area contributed by atoms with Gasteiger partial charge in [-0.25, -0.2) is 0 Å². The molecular formula is C10H11BrN2O2. The van der Waals surface area contributed by atoms with Crippen molar-refractivity contribution >= 4 is 27.7 Å². The molecule has 80 valence electrons. The van der Waals surface area contributed by atoms with E-state index in [1.54, 1.807) is 12.1 Å². The zero-order chi connectivity index (χ0) is 11.6. The molecule has 0 aliphatic carbocycles. The van der Waals surface area contributed by atoms with E-state index in [9.17, 15) is 9.59 Å². The van der Waals surface area contributed by atoms with Crippen molar-refractivity contribution < 1.29 is 9.59 Å². The van der Waals surface area contributed by atoms with Crippen LogP contribution in [0.2, 0.25) is 0 Å². The summed E-state index contributed by atoms with van der Waals surface area (Å²) < 4.78 is 0. The molecule has 1 aromatic carbocycles. The Morgan fingerprint density at radius 2 is 1.87 bits per heavy atom. The van der Waals surface area contributed by atoms with Gasteiger partial charge >= 0.3 is 0 Å². The van der Waals surface area contributed by atoms with E-state index in [-0.39, 0.29) is 16.0 Å². The third kappa shape index (κ3) is 2.36. The number of amides is 2. The molecule has 1 rings (SSSR count). The van der Waals surface area contributed by atoms with E-state index >= 15 is 0 Å². The van der Waals surface area contributed by atoms with Crippen molar-refractivity contribution in [2.24, 2.45) is 11.5 Å². The highest BCUT2D eigenvalue weighted by Gasteiger charge is 2.18. The van der Waals surface area contributed by atoms with E-state index in [1.165, 1.54) is 6.07 Å². The minimum atomic E-state index is -0.654. The van der Waals surface area contributed by atoms with Gasteiger partial charge in [0.1, 0.15) is 0 Å². The molecule has 2 amide bonds. The van der Waals surface area contributed by atoms with Gasteiger partial charge in [-0.05, 0) is 18.6 Å². The molecule has 0 radical (unpaired) electrons. The molecule has 15 heavy (non-hydrogen) atoms. The zero-order valence-electron chi connectivity index (χ0n) is 8.16. The zero-order valence-corrected chi connectivity index (χ0v) is 9.74. The molecule has 0 aliphatic heterocycles. The molecule has 5 heteroatoms. The Balaban J connectivity index is 3.48. The highest BCUT2D eigenvalue weighted by Crippen LogP contribution is 2.27. The van der Waals surface area contributed by atoms with Gasteiger partial charge in [0.15, 0.2) is 0 Å². The maximum Gasteiger partial charge on any atom is 0.249 e. The van der Waals surface area contributed by atoms with Gasteiger partial charge in [-0.2, -0.15) is 0 Å². The number of halogens is 1. The Bertz CT molecular complexity index is 416. The predicted molar refractivity (Wildman–Crippen MR) is 60.8 cm³/mol. The van der Waals surface area contributed by atoms with Gasteiger partial charge in [0.05, 0.1) is 11.1 Å². The van der Waals surface area contributed by atoms with Crippen molar-refractivity contribution in [3.05, 3.63) is 34.9 Å². The minimum absolute atomic E-state index is 0.0701. The van der Waals surface area contributed by atoms with Gasteiger partial charge in [-0.1, -0.05) is 28.1 Å². The van der Waals surface area contributed by atoms with Crippen molar-refractivity contribution in [1.29, 1.82) is 0 Å². The number of alkyl halides is 1. The first-order valence-corrected chi connectivity index (χ1v) is 5.23. The summed E-state index contributed by atoms with van der Waals surface area (Å²) in [5.74, 6) is -1.30. The van der Waals surface area contributed by atoms with Crippen LogP contribution in [0.1, 0.15) is 38.0 Å². The lowest BCUT2D eigenvalue weighted by atomic mass is 9.98. The number of hydrogen-bond donors (Lipinski definition) is 2. The van der Waals surface area contributed by atoms with Gasteiger partial charge < -0.3 is 11.5 Å². The smallest absolute Gasteiger partial charge is 0.249 e. The average molecular weight is 271 g/mol. The predicted octanol–water partition coefficient (Wildman–Crippen LogP) is 1.34. The first kappa shape index (κ1) is 11.7. The Hall–Kier alpha value is -1.36. The fourth-order valence-electron chi connectivity index (χ4n) is 1.38. The van der Waals surface area contributed by atoms with Crippen molar-refractivity contribution in [2.45, 2.75) is 11.8 Å². The third-order valence-corrected chi connectivity index (χ3v) is 2.53. The first-order valence-electron chi connectivity index (χ1n) is 4.31. The summed E-state index contributed by atoms with van der Waals surface area (Å²) in [6.45, 7) is 1.84. The van der Waals surface area contributed by atoms with E-state index in [0.29, 0.717) is 5.56 Å². The number of benzene rings is 1. The summed E-state index contributed by atoms with van der Waals surface area (Å²) in [4.78, 5) is 22.3. The lowest BCUT2D eigenvalue weighted by molar-refractivity contribution is 0.0966. The van der Waals surface area contributed by atoms with E-state index in [2.05, 4.69) is 15.9 Å². The Labute approximate surface area is 95.8 Å². The topological polar surface area (TPSA) is 86.2 Å². The molecule has 0 saturated carbocycles. The largest absolute Gasteiger partial charge is 0.366 e. The molecule has 1 atom stereocenters. The highest BCUT2D eigenvalue weighted by molar-refractivity contribution is 9.09. The summed E-state index contributed by atoms with van der Waals surface area (Å²) in [6, 6.07) is 4.88. The number of carbonyl (C=O) groups excluding carboxylic acids is 2. The van der Waals surface area contributed by atoms with Gasteiger partial charge in [0, 0.05) is 4.83 Å². The van der Waals surface area contributed by atoms with Gasteiger partial charge in [0.2, 0.25) is 11.8 Å². The second-order valence-corrected chi connectivity index (χ2v) is 4.49. The van der Waals surface area contributed by atoms with Crippen LogP contribution in [-0.4, -0.2) is 11.8 Å².